The van der Waals surface area contributed by atoms with Gasteiger partial charge in [-0.2, -0.15) is 0 Å². The van der Waals surface area contributed by atoms with Gasteiger partial charge in [0.05, 0.1) is 5.56 Å². The number of nitrogens with zero attached hydrogens (tertiary/aromatic N) is 1. The van der Waals surface area contributed by atoms with Crippen molar-refractivity contribution in [2.75, 3.05) is 6.54 Å². The lowest BCUT2D eigenvalue weighted by Gasteiger charge is -2.05. The van der Waals surface area contributed by atoms with Gasteiger partial charge >= 0.3 is 12.1 Å². The molecular weight excluding hydrogens is 308 g/mol. The average Bonchev–Trinajstić information content (AvgIpc) is 2.61. The first kappa shape index (κ1) is 17.0. The predicted molar refractivity (Wildman–Crippen MR) is 87.3 cm³/mol. The maximum atomic E-state index is 11.5. The number of carbonyl (C=O) groups excluding carboxylic acids is 1. The largest absolute Gasteiger partial charge is 0.478 e. The molecule has 1 heterocycles. The number of carboxylic acids is 1. The zero-order chi connectivity index (χ0) is 17.2. The summed E-state index contributed by atoms with van der Waals surface area (Å²) in [6, 6.07) is 10.8. The summed E-state index contributed by atoms with van der Waals surface area (Å²) in [6.45, 7) is 0.554. The van der Waals surface area contributed by atoms with Crippen molar-refractivity contribution in [1.29, 1.82) is 0 Å². The smallest absolute Gasteiger partial charge is 0.407 e. The molecule has 2 rings (SSSR count). The molecule has 0 radical (unpaired) electrons. The van der Waals surface area contributed by atoms with Crippen molar-refractivity contribution < 1.29 is 19.4 Å². The number of pyridine rings is 1. The maximum absolute atomic E-state index is 11.5. The molecule has 0 fully saturated rings. The lowest BCUT2D eigenvalue weighted by atomic mass is 10.2. The average molecular weight is 324 g/mol. The van der Waals surface area contributed by atoms with Crippen molar-refractivity contribution in [3.63, 3.8) is 0 Å². The van der Waals surface area contributed by atoms with Crippen LogP contribution in [0.4, 0.5) is 4.79 Å². The fraction of sp³-hybridized carbons (Fsp3) is 0.167. The van der Waals surface area contributed by atoms with Crippen LogP contribution in [-0.4, -0.2) is 28.7 Å². The molecule has 1 amide bonds. The molecule has 2 aromatic rings. The number of hydrogen-bond acceptors (Lipinski definition) is 4. The van der Waals surface area contributed by atoms with E-state index in [9.17, 15) is 9.59 Å². The van der Waals surface area contributed by atoms with Gasteiger partial charge in [-0.1, -0.05) is 42.2 Å². The van der Waals surface area contributed by atoms with Gasteiger partial charge < -0.3 is 15.2 Å². The standard InChI is InChI=1S/C18H16N2O4/c21-17(22)16-10-15(11-19-12-16)8-4-5-9-20-18(23)24-13-14-6-2-1-3-7-14/h1-3,6-7,10-12H,5,9,13H2,(H,20,23)(H,21,22). The molecule has 0 saturated heterocycles. The van der Waals surface area contributed by atoms with Crippen LogP contribution in [0.2, 0.25) is 0 Å². The second-order valence-electron chi connectivity index (χ2n) is 4.81. The highest BCUT2D eigenvalue weighted by Gasteiger charge is 2.03. The number of rotatable bonds is 5. The third kappa shape index (κ3) is 5.81. The first-order valence-electron chi connectivity index (χ1n) is 7.27. The molecule has 0 aliphatic rings. The van der Waals surface area contributed by atoms with Crippen molar-refractivity contribution in [2.24, 2.45) is 0 Å². The van der Waals surface area contributed by atoms with Gasteiger partial charge in [0.25, 0.3) is 0 Å². The fourth-order valence-electron chi connectivity index (χ4n) is 1.79. The minimum atomic E-state index is -1.05. The van der Waals surface area contributed by atoms with E-state index in [0.717, 1.165) is 5.56 Å². The first-order chi connectivity index (χ1) is 11.6. The minimum Gasteiger partial charge on any atom is -0.478 e. The Kier molecular flexibility index (Phi) is 6.35. The second kappa shape index (κ2) is 8.96. The molecule has 0 atom stereocenters. The van der Waals surface area contributed by atoms with E-state index < -0.39 is 12.1 Å². The summed E-state index contributed by atoms with van der Waals surface area (Å²) in [5.41, 5.74) is 1.52. The number of carbonyl (C=O) groups is 2. The Morgan fingerprint density at radius 2 is 2.00 bits per heavy atom. The molecule has 0 spiro atoms. The number of aromatic carboxylic acids is 1. The number of carboxylic acid groups (broad SMARTS) is 1. The highest BCUT2D eigenvalue weighted by Crippen LogP contribution is 2.01. The summed E-state index contributed by atoms with van der Waals surface area (Å²) in [5.74, 6) is 4.60. The van der Waals surface area contributed by atoms with Gasteiger partial charge in [-0.3, -0.25) is 4.98 Å². The maximum Gasteiger partial charge on any atom is 0.407 e. The molecule has 24 heavy (non-hydrogen) atoms. The SMILES string of the molecule is O=C(NCCC#Cc1cncc(C(=O)O)c1)OCc1ccccc1. The van der Waals surface area contributed by atoms with Gasteiger partial charge in [-0.15, -0.1) is 0 Å². The van der Waals surface area contributed by atoms with Gasteiger partial charge in [-0.05, 0) is 11.6 Å². The van der Waals surface area contributed by atoms with E-state index in [0.29, 0.717) is 18.5 Å². The monoisotopic (exact) mass is 324 g/mol. The molecule has 0 aliphatic heterocycles. The van der Waals surface area contributed by atoms with Crippen molar-refractivity contribution in [1.82, 2.24) is 10.3 Å². The number of alkyl carbamates (subject to hydrolysis) is 1. The van der Waals surface area contributed by atoms with Gasteiger partial charge in [0.1, 0.15) is 6.61 Å². The van der Waals surface area contributed by atoms with E-state index >= 15 is 0 Å². The lowest BCUT2D eigenvalue weighted by molar-refractivity contribution is 0.0696. The highest BCUT2D eigenvalue weighted by atomic mass is 16.5. The molecule has 0 aliphatic carbocycles. The Balaban J connectivity index is 1.70. The van der Waals surface area contributed by atoms with E-state index in [1.165, 1.54) is 18.5 Å². The predicted octanol–water partition coefficient (Wildman–Crippen LogP) is 2.45. The van der Waals surface area contributed by atoms with E-state index in [4.69, 9.17) is 9.84 Å². The summed E-state index contributed by atoms with van der Waals surface area (Å²) in [7, 11) is 0. The lowest BCUT2D eigenvalue weighted by Crippen LogP contribution is -2.24. The van der Waals surface area contributed by atoms with Crippen molar-refractivity contribution in [3.8, 4) is 11.8 Å². The number of benzene rings is 1. The summed E-state index contributed by atoms with van der Waals surface area (Å²) in [5, 5.41) is 11.5. The Labute approximate surface area is 139 Å². The highest BCUT2D eigenvalue weighted by molar-refractivity contribution is 5.87. The van der Waals surface area contributed by atoms with Crippen LogP contribution < -0.4 is 5.32 Å². The Morgan fingerprint density at radius 3 is 2.75 bits per heavy atom. The molecule has 6 nitrogen and oxygen atoms in total. The van der Waals surface area contributed by atoms with Crippen LogP contribution in [0.1, 0.15) is 27.9 Å². The van der Waals surface area contributed by atoms with E-state index in [-0.39, 0.29) is 12.2 Å². The normalized spacial score (nSPS) is 9.50. The van der Waals surface area contributed by atoms with Crippen molar-refractivity contribution in [3.05, 3.63) is 65.5 Å². The van der Waals surface area contributed by atoms with Gasteiger partial charge in [0.15, 0.2) is 0 Å². The van der Waals surface area contributed by atoms with Gasteiger partial charge in [0.2, 0.25) is 0 Å². The summed E-state index contributed by atoms with van der Waals surface area (Å²) in [4.78, 5) is 26.1. The summed E-state index contributed by atoms with van der Waals surface area (Å²) >= 11 is 0. The van der Waals surface area contributed by atoms with Crippen molar-refractivity contribution in [2.45, 2.75) is 13.0 Å². The molecule has 0 saturated carbocycles. The van der Waals surface area contributed by atoms with Crippen molar-refractivity contribution >= 4 is 12.1 Å². The third-order valence-electron chi connectivity index (χ3n) is 2.95. The number of hydrogen-bond donors (Lipinski definition) is 2. The quantitative estimate of drug-likeness (QED) is 0.651. The fourth-order valence-corrected chi connectivity index (χ4v) is 1.79. The molecule has 0 unspecified atom stereocenters. The van der Waals surface area contributed by atoms with Crippen LogP contribution in [0.15, 0.2) is 48.8 Å². The molecule has 2 N–H and O–H groups in total. The topological polar surface area (TPSA) is 88.5 Å². The number of ether oxygens (including phenoxy) is 1. The van der Waals surface area contributed by atoms with E-state index in [2.05, 4.69) is 22.1 Å². The third-order valence-corrected chi connectivity index (χ3v) is 2.95. The van der Waals surface area contributed by atoms with Crippen LogP contribution in [0.3, 0.4) is 0 Å². The Morgan fingerprint density at radius 1 is 1.21 bits per heavy atom. The van der Waals surface area contributed by atoms with Crippen LogP contribution in [0.5, 0.6) is 0 Å². The van der Waals surface area contributed by atoms with E-state index in [1.807, 2.05) is 30.3 Å². The summed E-state index contributed by atoms with van der Waals surface area (Å²) in [6.07, 6.45) is 2.66. The molecule has 122 valence electrons. The Bertz CT molecular complexity index is 763. The molecule has 1 aromatic heterocycles. The van der Waals surface area contributed by atoms with Gasteiger partial charge in [0, 0.05) is 30.9 Å². The first-order valence-corrected chi connectivity index (χ1v) is 7.27. The zero-order valence-electron chi connectivity index (χ0n) is 12.9. The summed E-state index contributed by atoms with van der Waals surface area (Å²) < 4.78 is 5.06. The van der Waals surface area contributed by atoms with Crippen LogP contribution >= 0.6 is 0 Å². The van der Waals surface area contributed by atoms with Crippen LogP contribution in [0.25, 0.3) is 0 Å². The van der Waals surface area contributed by atoms with Crippen LogP contribution in [0, 0.1) is 11.8 Å². The number of aromatic nitrogens is 1. The molecule has 0 bridgehead atoms. The van der Waals surface area contributed by atoms with E-state index in [1.54, 1.807) is 0 Å². The molecule has 6 heteroatoms. The van der Waals surface area contributed by atoms with Crippen LogP contribution in [-0.2, 0) is 11.3 Å². The minimum absolute atomic E-state index is 0.0874. The second-order valence-corrected chi connectivity index (χ2v) is 4.81. The number of nitrogens with one attached hydrogen (secondary N) is 1. The van der Waals surface area contributed by atoms with Gasteiger partial charge in [-0.25, -0.2) is 9.59 Å². The zero-order valence-corrected chi connectivity index (χ0v) is 12.9. The Hall–Kier alpha value is -3.33. The number of amides is 1. The molecule has 1 aromatic carbocycles. The molecular formula is C18H16N2O4.